The van der Waals surface area contributed by atoms with Gasteiger partial charge in [-0.1, -0.05) is 18.2 Å². The number of esters is 1. The van der Waals surface area contributed by atoms with E-state index in [1.165, 1.54) is 13.8 Å². The number of hydrogen-bond donors (Lipinski definition) is 2. The second-order valence-electron chi connectivity index (χ2n) is 7.01. The van der Waals surface area contributed by atoms with Crippen LogP contribution in [-0.4, -0.2) is 28.9 Å². The zero-order valence-corrected chi connectivity index (χ0v) is 17.3. The molecule has 154 valence electrons. The van der Waals surface area contributed by atoms with Gasteiger partial charge in [-0.25, -0.2) is 4.79 Å². The molecule has 1 aromatic heterocycles. The van der Waals surface area contributed by atoms with Gasteiger partial charge in [-0.3, -0.25) is 14.6 Å². The standard InChI is InChI=1S/C23H23N3O4/c1-13-19-7-5-6-8-20(19)24-14(2)21(13)23(29)30-15(3)22(28)26-18-11-9-17(10-12-18)25-16(4)27/h5-12,15H,1-4H3,(H,25,27)(H,26,28)/t15-/m0/s1. The normalized spacial score (nSPS) is 11.6. The summed E-state index contributed by atoms with van der Waals surface area (Å²) in [6.07, 6.45) is -1.00. The highest BCUT2D eigenvalue weighted by Crippen LogP contribution is 2.23. The summed E-state index contributed by atoms with van der Waals surface area (Å²) < 4.78 is 5.41. The van der Waals surface area contributed by atoms with Gasteiger partial charge < -0.3 is 15.4 Å². The minimum absolute atomic E-state index is 0.180. The minimum atomic E-state index is -1.00. The number of aromatic nitrogens is 1. The van der Waals surface area contributed by atoms with Crippen LogP contribution in [0.1, 0.15) is 35.5 Å². The number of carbonyl (C=O) groups is 3. The number of nitrogens with one attached hydrogen (secondary N) is 2. The zero-order chi connectivity index (χ0) is 21.8. The maximum atomic E-state index is 12.8. The quantitative estimate of drug-likeness (QED) is 0.626. The fourth-order valence-electron chi connectivity index (χ4n) is 3.19. The molecule has 0 saturated heterocycles. The summed E-state index contributed by atoms with van der Waals surface area (Å²) >= 11 is 0. The molecule has 0 aliphatic carbocycles. The fraction of sp³-hybridized carbons (Fsp3) is 0.217. The molecular formula is C23H23N3O4. The Bertz CT molecular complexity index is 1120. The van der Waals surface area contributed by atoms with Gasteiger partial charge in [-0.2, -0.15) is 0 Å². The number of hydrogen-bond acceptors (Lipinski definition) is 5. The number of anilines is 2. The summed E-state index contributed by atoms with van der Waals surface area (Å²) in [4.78, 5) is 40.8. The summed E-state index contributed by atoms with van der Waals surface area (Å²) in [7, 11) is 0. The Morgan fingerprint density at radius 3 is 2.17 bits per heavy atom. The first-order chi connectivity index (χ1) is 14.3. The van der Waals surface area contributed by atoms with Crippen molar-refractivity contribution >= 4 is 40.1 Å². The van der Waals surface area contributed by atoms with Crippen molar-refractivity contribution in [3.8, 4) is 0 Å². The molecule has 0 radical (unpaired) electrons. The van der Waals surface area contributed by atoms with Crippen molar-refractivity contribution in [2.45, 2.75) is 33.8 Å². The van der Waals surface area contributed by atoms with Crippen LogP contribution >= 0.6 is 0 Å². The molecule has 3 aromatic rings. The van der Waals surface area contributed by atoms with Gasteiger partial charge in [0, 0.05) is 23.7 Å². The highest BCUT2D eigenvalue weighted by Gasteiger charge is 2.23. The number of nitrogens with zero attached hydrogens (tertiary/aromatic N) is 1. The fourth-order valence-corrected chi connectivity index (χ4v) is 3.19. The van der Waals surface area contributed by atoms with E-state index in [4.69, 9.17) is 4.74 Å². The van der Waals surface area contributed by atoms with Gasteiger partial charge >= 0.3 is 5.97 Å². The third kappa shape index (κ3) is 4.63. The van der Waals surface area contributed by atoms with Crippen LogP contribution in [0.3, 0.4) is 0 Å². The molecule has 30 heavy (non-hydrogen) atoms. The summed E-state index contributed by atoms with van der Waals surface area (Å²) in [5.74, 6) is -1.23. The van der Waals surface area contributed by atoms with Crippen molar-refractivity contribution < 1.29 is 19.1 Å². The summed E-state index contributed by atoms with van der Waals surface area (Å²) in [6.45, 7) is 6.52. The molecule has 0 unspecified atom stereocenters. The van der Waals surface area contributed by atoms with Crippen molar-refractivity contribution in [1.82, 2.24) is 4.98 Å². The highest BCUT2D eigenvalue weighted by molar-refractivity contribution is 6.01. The third-order valence-corrected chi connectivity index (χ3v) is 4.66. The molecule has 0 saturated carbocycles. The molecule has 2 N–H and O–H groups in total. The third-order valence-electron chi connectivity index (χ3n) is 4.66. The van der Waals surface area contributed by atoms with Crippen LogP contribution < -0.4 is 10.6 Å². The summed E-state index contributed by atoms with van der Waals surface area (Å²) in [5.41, 5.74) is 3.64. The molecule has 0 bridgehead atoms. The molecule has 1 atom stereocenters. The van der Waals surface area contributed by atoms with E-state index in [0.717, 1.165) is 16.5 Å². The van der Waals surface area contributed by atoms with E-state index in [1.807, 2.05) is 31.2 Å². The van der Waals surface area contributed by atoms with E-state index in [9.17, 15) is 14.4 Å². The Morgan fingerprint density at radius 2 is 1.53 bits per heavy atom. The Balaban J connectivity index is 1.70. The number of carbonyl (C=O) groups excluding carboxylic acids is 3. The number of amides is 2. The zero-order valence-electron chi connectivity index (χ0n) is 17.3. The SMILES string of the molecule is CC(=O)Nc1ccc(NC(=O)[C@H](C)OC(=O)c2c(C)nc3ccccc3c2C)cc1. The van der Waals surface area contributed by atoms with Gasteiger partial charge in [0.2, 0.25) is 5.91 Å². The molecule has 7 nitrogen and oxygen atoms in total. The molecule has 7 heteroatoms. The van der Waals surface area contributed by atoms with Gasteiger partial charge in [-0.05, 0) is 56.7 Å². The number of fused-ring (bicyclic) bond motifs is 1. The van der Waals surface area contributed by atoms with Crippen LogP contribution in [0, 0.1) is 13.8 Å². The van der Waals surface area contributed by atoms with Gasteiger partial charge in [0.25, 0.3) is 5.91 Å². The van der Waals surface area contributed by atoms with E-state index in [-0.39, 0.29) is 5.91 Å². The van der Waals surface area contributed by atoms with Crippen molar-refractivity contribution in [1.29, 1.82) is 0 Å². The Kier molecular flexibility index (Phi) is 6.11. The smallest absolute Gasteiger partial charge is 0.341 e. The minimum Gasteiger partial charge on any atom is -0.449 e. The Labute approximate surface area is 174 Å². The predicted molar refractivity (Wildman–Crippen MR) is 115 cm³/mol. The van der Waals surface area contributed by atoms with E-state index in [2.05, 4.69) is 15.6 Å². The molecule has 2 aromatic carbocycles. The number of aryl methyl sites for hydroxylation is 2. The number of para-hydroxylation sites is 1. The lowest BCUT2D eigenvalue weighted by Gasteiger charge is -2.16. The van der Waals surface area contributed by atoms with Crippen molar-refractivity contribution in [2.75, 3.05) is 10.6 Å². The van der Waals surface area contributed by atoms with Crippen LogP contribution in [0.15, 0.2) is 48.5 Å². The maximum Gasteiger partial charge on any atom is 0.341 e. The molecule has 0 spiro atoms. The molecule has 0 aliphatic heterocycles. The van der Waals surface area contributed by atoms with Crippen LogP contribution in [-0.2, 0) is 14.3 Å². The van der Waals surface area contributed by atoms with E-state index >= 15 is 0 Å². The average Bonchev–Trinajstić information content (AvgIpc) is 2.69. The van der Waals surface area contributed by atoms with Crippen molar-refractivity contribution in [3.63, 3.8) is 0 Å². The van der Waals surface area contributed by atoms with Crippen molar-refractivity contribution in [3.05, 3.63) is 65.4 Å². The van der Waals surface area contributed by atoms with E-state index in [0.29, 0.717) is 22.6 Å². The second kappa shape index (κ2) is 8.73. The lowest BCUT2D eigenvalue weighted by molar-refractivity contribution is -0.123. The molecule has 2 amide bonds. The van der Waals surface area contributed by atoms with Crippen LogP contribution in [0.25, 0.3) is 10.9 Å². The summed E-state index contributed by atoms with van der Waals surface area (Å²) in [6, 6.07) is 14.2. The Hall–Kier alpha value is -3.74. The average molecular weight is 405 g/mol. The van der Waals surface area contributed by atoms with Gasteiger partial charge in [0.1, 0.15) is 0 Å². The first kappa shape index (κ1) is 21.0. The van der Waals surface area contributed by atoms with Crippen LogP contribution in [0.2, 0.25) is 0 Å². The van der Waals surface area contributed by atoms with Gasteiger partial charge in [0.05, 0.1) is 16.8 Å². The monoisotopic (exact) mass is 405 g/mol. The van der Waals surface area contributed by atoms with Crippen LogP contribution in [0.5, 0.6) is 0 Å². The molecule has 0 aliphatic rings. The lowest BCUT2D eigenvalue weighted by Crippen LogP contribution is -2.30. The highest BCUT2D eigenvalue weighted by atomic mass is 16.5. The van der Waals surface area contributed by atoms with Gasteiger partial charge in [0.15, 0.2) is 6.10 Å². The Morgan fingerprint density at radius 1 is 0.933 bits per heavy atom. The number of pyridine rings is 1. The van der Waals surface area contributed by atoms with E-state index < -0.39 is 18.0 Å². The predicted octanol–water partition coefficient (Wildman–Crippen LogP) is 3.99. The molecule has 3 rings (SSSR count). The number of ether oxygens (including phenoxy) is 1. The first-order valence-corrected chi connectivity index (χ1v) is 9.51. The molecule has 0 fully saturated rings. The lowest BCUT2D eigenvalue weighted by atomic mass is 10.0. The second-order valence-corrected chi connectivity index (χ2v) is 7.01. The maximum absolute atomic E-state index is 12.8. The molecular weight excluding hydrogens is 382 g/mol. The topological polar surface area (TPSA) is 97.4 Å². The van der Waals surface area contributed by atoms with Crippen LogP contribution in [0.4, 0.5) is 11.4 Å². The first-order valence-electron chi connectivity index (χ1n) is 9.51. The summed E-state index contributed by atoms with van der Waals surface area (Å²) in [5, 5.41) is 6.21. The largest absolute Gasteiger partial charge is 0.449 e. The number of benzene rings is 2. The van der Waals surface area contributed by atoms with Crippen molar-refractivity contribution in [2.24, 2.45) is 0 Å². The van der Waals surface area contributed by atoms with Gasteiger partial charge in [-0.15, -0.1) is 0 Å². The number of rotatable bonds is 5. The van der Waals surface area contributed by atoms with E-state index in [1.54, 1.807) is 31.2 Å². The molecule has 1 heterocycles.